The van der Waals surface area contributed by atoms with E-state index in [1.807, 2.05) is 0 Å². The number of carboxylic acid groups (broad SMARTS) is 1. The first-order valence-electron chi connectivity index (χ1n) is 4.15. The molecule has 0 heterocycles. The number of thioether (sulfide) groups is 1. The monoisotopic (exact) mass is 216 g/mol. The van der Waals surface area contributed by atoms with Crippen molar-refractivity contribution in [2.45, 2.75) is 12.2 Å². The van der Waals surface area contributed by atoms with Crippen molar-refractivity contribution in [2.24, 2.45) is 0 Å². The summed E-state index contributed by atoms with van der Waals surface area (Å²) in [4.78, 5) is 10.3. The van der Waals surface area contributed by atoms with Gasteiger partial charge in [0.15, 0.2) is 0 Å². The molecule has 0 rings (SSSR count). The van der Waals surface area contributed by atoms with Crippen LogP contribution in [0.3, 0.4) is 0 Å². The third kappa shape index (κ3) is 5.70. The van der Waals surface area contributed by atoms with Gasteiger partial charge in [-0.15, -0.1) is 11.8 Å². The van der Waals surface area contributed by atoms with Gasteiger partial charge in [0, 0.05) is 11.5 Å². The predicted molar refractivity (Wildman–Crippen MR) is 50.8 cm³/mol. The SMILES string of the molecule is [3H]C([3H])(SC[C@H](O)[C@@H](O)CS)C(=O)O. The lowest BCUT2D eigenvalue weighted by Gasteiger charge is -2.14. The van der Waals surface area contributed by atoms with Crippen molar-refractivity contribution in [3.8, 4) is 0 Å². The van der Waals surface area contributed by atoms with Gasteiger partial charge in [-0.2, -0.15) is 12.6 Å². The number of carboxylic acids is 1. The summed E-state index contributed by atoms with van der Waals surface area (Å²) in [6.45, 7) is 0. The lowest BCUT2D eigenvalue weighted by Crippen LogP contribution is -2.29. The molecule has 72 valence electrons. The van der Waals surface area contributed by atoms with Crippen molar-refractivity contribution in [1.82, 2.24) is 0 Å². The maximum absolute atomic E-state index is 10.3. The van der Waals surface area contributed by atoms with Gasteiger partial charge in [0.2, 0.25) is 0 Å². The molecule has 0 aliphatic rings. The van der Waals surface area contributed by atoms with Gasteiger partial charge in [-0.05, 0) is 0 Å². The molecule has 12 heavy (non-hydrogen) atoms. The van der Waals surface area contributed by atoms with E-state index in [1.54, 1.807) is 0 Å². The Labute approximate surface area is 83.2 Å². The molecule has 0 aliphatic heterocycles. The highest BCUT2D eigenvalue weighted by atomic mass is 32.2. The lowest BCUT2D eigenvalue weighted by atomic mass is 10.3. The summed E-state index contributed by atoms with van der Waals surface area (Å²) >= 11 is 4.16. The summed E-state index contributed by atoms with van der Waals surface area (Å²) in [7, 11) is 0. The maximum atomic E-state index is 10.3. The predicted octanol–water partition coefficient (Wildman–Crippen LogP) is -0.544. The zero-order chi connectivity index (χ0) is 11.4. The second-order valence-electron chi connectivity index (χ2n) is 2.04. The van der Waals surface area contributed by atoms with Crippen molar-refractivity contribution < 1.29 is 22.9 Å². The number of thiol groups is 1. The Kier molecular flexibility index (Phi) is 4.77. The van der Waals surface area contributed by atoms with Gasteiger partial charge in [-0.1, -0.05) is 0 Å². The molecule has 0 aromatic heterocycles. The van der Waals surface area contributed by atoms with Crippen LogP contribution < -0.4 is 0 Å². The van der Waals surface area contributed by atoms with Crippen LogP contribution in [0, 0.1) is 0 Å². The van der Waals surface area contributed by atoms with E-state index < -0.39 is 23.9 Å². The molecule has 0 fully saturated rings. The first kappa shape index (κ1) is 8.68. The van der Waals surface area contributed by atoms with E-state index in [2.05, 4.69) is 12.6 Å². The highest BCUT2D eigenvalue weighted by molar-refractivity contribution is 7.99. The number of carbonyl (C=O) groups is 1. The van der Waals surface area contributed by atoms with Crippen LogP contribution in [0.2, 0.25) is 0 Å². The highest BCUT2D eigenvalue weighted by Crippen LogP contribution is 2.06. The van der Waals surface area contributed by atoms with E-state index >= 15 is 0 Å². The standard InChI is InChI=1S/C6H12O4S2/c7-4(1-11)5(8)2-12-3-6(9)10/h4-5,7-8,11H,1-3H2,(H,9,10)/t4-,5-/m0/s1/i3T2. The number of aliphatic carboxylic acids is 1. The van der Waals surface area contributed by atoms with Crippen LogP contribution in [0.15, 0.2) is 0 Å². The first-order chi connectivity index (χ1) is 6.31. The fraction of sp³-hybridized carbons (Fsp3) is 0.833. The lowest BCUT2D eigenvalue weighted by molar-refractivity contribution is -0.133. The highest BCUT2D eigenvalue weighted by Gasteiger charge is 2.14. The Hall–Kier alpha value is 0.0900. The van der Waals surface area contributed by atoms with Crippen LogP contribution >= 0.6 is 24.4 Å². The number of hydrogen-bond donors (Lipinski definition) is 4. The molecule has 0 saturated heterocycles. The number of aliphatic hydroxyl groups excluding tert-OH is 2. The molecular formula is C6H12O4S2. The zero-order valence-corrected chi connectivity index (χ0v) is 7.89. The van der Waals surface area contributed by atoms with Crippen LogP contribution in [-0.2, 0) is 4.79 Å². The Bertz CT molecular complexity index is 202. The fourth-order valence-corrected chi connectivity index (χ4v) is 1.26. The molecule has 2 atom stereocenters. The maximum Gasteiger partial charge on any atom is 0.313 e. The summed E-state index contributed by atoms with van der Waals surface area (Å²) in [5.74, 6) is -1.76. The molecule has 0 aliphatic carbocycles. The normalized spacial score (nSPS) is 19.2. The average molecular weight is 216 g/mol. The van der Waals surface area contributed by atoms with E-state index in [1.165, 1.54) is 0 Å². The van der Waals surface area contributed by atoms with Crippen LogP contribution in [0.5, 0.6) is 0 Å². The quantitative estimate of drug-likeness (QED) is 0.448. The van der Waals surface area contributed by atoms with E-state index in [0.29, 0.717) is 11.8 Å². The van der Waals surface area contributed by atoms with Crippen LogP contribution in [0.25, 0.3) is 0 Å². The minimum atomic E-state index is -2.45. The summed E-state index contributed by atoms with van der Waals surface area (Å²) in [5.41, 5.74) is -2.45. The summed E-state index contributed by atoms with van der Waals surface area (Å²) in [6.07, 6.45) is -2.25. The van der Waals surface area contributed by atoms with Gasteiger partial charge < -0.3 is 15.3 Å². The smallest absolute Gasteiger partial charge is 0.313 e. The van der Waals surface area contributed by atoms with Gasteiger partial charge in [-0.25, -0.2) is 0 Å². The Morgan fingerprint density at radius 3 is 2.58 bits per heavy atom. The molecule has 0 radical (unpaired) electrons. The van der Waals surface area contributed by atoms with Gasteiger partial charge in [0.05, 0.1) is 20.7 Å². The number of hydrogen-bond acceptors (Lipinski definition) is 5. The third-order valence-electron chi connectivity index (χ3n) is 1.04. The summed E-state index contributed by atoms with van der Waals surface area (Å²) < 4.78 is 14.0. The van der Waals surface area contributed by atoms with Gasteiger partial charge in [0.25, 0.3) is 0 Å². The van der Waals surface area contributed by atoms with Crippen molar-refractivity contribution in [2.75, 3.05) is 17.2 Å². The second-order valence-corrected chi connectivity index (χ2v) is 3.23. The molecule has 0 spiro atoms. The summed E-state index contributed by atoms with van der Waals surface area (Å²) in [5, 5.41) is 26.6. The Balaban J connectivity index is 3.99. The van der Waals surface area contributed by atoms with Gasteiger partial charge >= 0.3 is 5.97 Å². The molecule has 0 aromatic carbocycles. The molecular weight excluding hydrogens is 200 g/mol. The average Bonchev–Trinajstić information content (AvgIpc) is 2.12. The first-order valence-corrected chi connectivity index (χ1v) is 4.77. The van der Waals surface area contributed by atoms with Crippen molar-refractivity contribution in [3.63, 3.8) is 0 Å². The Morgan fingerprint density at radius 2 is 2.17 bits per heavy atom. The van der Waals surface area contributed by atoms with Crippen molar-refractivity contribution in [3.05, 3.63) is 0 Å². The minimum Gasteiger partial charge on any atom is -0.481 e. The van der Waals surface area contributed by atoms with Crippen LogP contribution in [-0.4, -0.2) is 50.7 Å². The molecule has 6 heteroatoms. The van der Waals surface area contributed by atoms with E-state index in [-0.39, 0.29) is 11.5 Å². The largest absolute Gasteiger partial charge is 0.481 e. The molecule has 0 saturated carbocycles. The topological polar surface area (TPSA) is 77.8 Å². The van der Waals surface area contributed by atoms with E-state index in [9.17, 15) is 9.90 Å². The minimum absolute atomic E-state index is 0.0395. The molecule has 3 N–H and O–H groups in total. The molecule has 4 nitrogen and oxygen atoms in total. The van der Waals surface area contributed by atoms with Crippen LogP contribution in [0.1, 0.15) is 2.74 Å². The molecule has 0 amide bonds. The van der Waals surface area contributed by atoms with Crippen molar-refractivity contribution in [1.29, 1.82) is 0 Å². The second kappa shape index (κ2) is 6.59. The molecule has 0 bridgehead atoms. The number of rotatable bonds is 6. The molecule has 0 aromatic rings. The third-order valence-corrected chi connectivity index (χ3v) is 2.25. The molecule has 0 unspecified atom stereocenters. The van der Waals surface area contributed by atoms with Gasteiger partial charge in [-0.3, -0.25) is 4.79 Å². The Morgan fingerprint density at radius 1 is 1.58 bits per heavy atom. The van der Waals surface area contributed by atoms with E-state index in [0.717, 1.165) is 0 Å². The van der Waals surface area contributed by atoms with Gasteiger partial charge in [0.1, 0.15) is 0 Å². The number of aliphatic hydroxyl groups is 2. The van der Waals surface area contributed by atoms with Crippen LogP contribution in [0.4, 0.5) is 0 Å². The summed E-state index contributed by atoms with van der Waals surface area (Å²) in [6, 6.07) is 0. The van der Waals surface area contributed by atoms with Crippen molar-refractivity contribution >= 4 is 30.4 Å². The van der Waals surface area contributed by atoms with E-state index in [4.69, 9.17) is 13.0 Å². The zero-order valence-electron chi connectivity index (χ0n) is 8.17. The fourth-order valence-electron chi connectivity index (χ4n) is 0.422.